The highest BCUT2D eigenvalue weighted by molar-refractivity contribution is 5.97. The normalized spacial score (nSPS) is 10.4. The summed E-state index contributed by atoms with van der Waals surface area (Å²) in [7, 11) is 3.59. The molecule has 0 bridgehead atoms. The van der Waals surface area contributed by atoms with Crippen LogP contribution in [0.3, 0.4) is 0 Å². The number of anilines is 1. The summed E-state index contributed by atoms with van der Waals surface area (Å²) >= 11 is 0. The van der Waals surface area contributed by atoms with Gasteiger partial charge in [-0.25, -0.2) is 9.97 Å². The summed E-state index contributed by atoms with van der Waals surface area (Å²) in [6.45, 7) is 0. The minimum absolute atomic E-state index is 0.198. The first-order valence-corrected chi connectivity index (χ1v) is 4.83. The molecule has 82 valence electrons. The Balaban J connectivity index is 2.76. The topological polar surface area (TPSA) is 72.1 Å². The van der Waals surface area contributed by atoms with Crippen LogP contribution >= 0.6 is 0 Å². The smallest absolute Gasteiger partial charge is 0.271 e. The first kappa shape index (κ1) is 10.4. The van der Waals surface area contributed by atoms with Crippen molar-refractivity contribution in [1.29, 1.82) is 0 Å². The Labute approximate surface area is 92.9 Å². The van der Waals surface area contributed by atoms with Crippen LogP contribution < -0.4 is 10.6 Å². The second kappa shape index (κ2) is 3.77. The van der Waals surface area contributed by atoms with E-state index in [9.17, 15) is 4.79 Å². The quantitative estimate of drug-likeness (QED) is 0.805. The second-order valence-corrected chi connectivity index (χ2v) is 3.64. The van der Waals surface area contributed by atoms with Crippen LogP contribution in [-0.4, -0.2) is 30.0 Å². The third kappa shape index (κ3) is 1.67. The summed E-state index contributed by atoms with van der Waals surface area (Å²) in [5, 5.41) is 0. The van der Waals surface area contributed by atoms with E-state index in [2.05, 4.69) is 9.97 Å². The third-order valence-electron chi connectivity index (χ3n) is 2.21. The summed E-state index contributed by atoms with van der Waals surface area (Å²) < 4.78 is 0. The van der Waals surface area contributed by atoms with Crippen molar-refractivity contribution >= 4 is 22.8 Å². The number of nitrogens with two attached hydrogens (primary N) is 1. The zero-order valence-corrected chi connectivity index (χ0v) is 9.14. The summed E-state index contributed by atoms with van der Waals surface area (Å²) in [4.78, 5) is 21.6. The van der Waals surface area contributed by atoms with Crippen molar-refractivity contribution in [3.05, 3.63) is 30.0 Å². The summed E-state index contributed by atoms with van der Waals surface area (Å²) in [5.41, 5.74) is 6.89. The molecule has 1 amide bonds. The average Bonchev–Trinajstić information content (AvgIpc) is 2.27. The van der Waals surface area contributed by atoms with Gasteiger partial charge in [-0.15, -0.1) is 0 Å². The van der Waals surface area contributed by atoms with Crippen molar-refractivity contribution in [3.8, 4) is 0 Å². The zero-order valence-electron chi connectivity index (χ0n) is 9.14. The van der Waals surface area contributed by atoms with Crippen molar-refractivity contribution in [2.75, 3.05) is 19.0 Å². The van der Waals surface area contributed by atoms with Gasteiger partial charge in [0.05, 0.1) is 11.0 Å². The van der Waals surface area contributed by atoms with Crippen LogP contribution in [0.2, 0.25) is 0 Å². The molecule has 2 aromatic rings. The number of para-hydroxylation sites is 2. The molecule has 5 heteroatoms. The van der Waals surface area contributed by atoms with Gasteiger partial charge in [-0.3, -0.25) is 4.79 Å². The maximum Gasteiger partial charge on any atom is 0.271 e. The second-order valence-electron chi connectivity index (χ2n) is 3.64. The molecule has 0 radical (unpaired) electrons. The number of carbonyl (C=O) groups excluding carboxylic acids is 1. The predicted octanol–water partition coefficient (Wildman–Crippen LogP) is 0.795. The van der Waals surface area contributed by atoms with Gasteiger partial charge in [0, 0.05) is 14.1 Å². The third-order valence-corrected chi connectivity index (χ3v) is 2.21. The van der Waals surface area contributed by atoms with Gasteiger partial charge in [0.1, 0.15) is 0 Å². The molecule has 0 saturated carbocycles. The number of nitrogens with zero attached hydrogens (tertiary/aromatic N) is 3. The molecular weight excluding hydrogens is 204 g/mol. The van der Waals surface area contributed by atoms with Crippen molar-refractivity contribution < 1.29 is 4.79 Å². The number of fused-ring (bicyclic) bond motifs is 1. The van der Waals surface area contributed by atoms with E-state index in [1.54, 1.807) is 25.1 Å². The minimum Gasteiger partial charge on any atom is -0.364 e. The van der Waals surface area contributed by atoms with E-state index in [4.69, 9.17) is 5.73 Å². The van der Waals surface area contributed by atoms with E-state index in [1.165, 1.54) is 0 Å². The summed E-state index contributed by atoms with van der Waals surface area (Å²) in [6, 6.07) is 7.37. The first-order valence-electron chi connectivity index (χ1n) is 4.83. The monoisotopic (exact) mass is 216 g/mol. The van der Waals surface area contributed by atoms with E-state index < -0.39 is 5.91 Å². The molecule has 1 aromatic carbocycles. The standard InChI is InChI=1S/C11H12N4O/c1-15(2)11-9(10(12)16)13-7-5-3-4-6-8(7)14-11/h3-6H,1-2H3,(H2,12,16). The van der Waals surface area contributed by atoms with Crippen LogP contribution in [0.1, 0.15) is 10.5 Å². The molecule has 0 spiro atoms. The number of aromatic nitrogens is 2. The van der Waals surface area contributed by atoms with Gasteiger partial charge in [0.25, 0.3) is 5.91 Å². The van der Waals surface area contributed by atoms with Gasteiger partial charge >= 0.3 is 0 Å². The summed E-state index contributed by atoms with van der Waals surface area (Å²) in [6.07, 6.45) is 0. The van der Waals surface area contributed by atoms with Gasteiger partial charge in [0.2, 0.25) is 0 Å². The van der Waals surface area contributed by atoms with E-state index in [1.807, 2.05) is 18.2 Å². The van der Waals surface area contributed by atoms with Crippen LogP contribution in [-0.2, 0) is 0 Å². The Hall–Kier alpha value is -2.17. The van der Waals surface area contributed by atoms with Gasteiger partial charge in [-0.2, -0.15) is 0 Å². The van der Waals surface area contributed by atoms with Crippen LogP contribution in [0.15, 0.2) is 24.3 Å². The van der Waals surface area contributed by atoms with E-state index in [-0.39, 0.29) is 5.69 Å². The van der Waals surface area contributed by atoms with Gasteiger partial charge in [-0.1, -0.05) is 12.1 Å². The lowest BCUT2D eigenvalue weighted by atomic mass is 10.2. The number of hydrogen-bond donors (Lipinski definition) is 1. The largest absolute Gasteiger partial charge is 0.364 e. The molecule has 2 rings (SSSR count). The lowest BCUT2D eigenvalue weighted by Crippen LogP contribution is -2.21. The Morgan fingerprint density at radius 2 is 1.75 bits per heavy atom. The van der Waals surface area contributed by atoms with Crippen molar-refractivity contribution in [2.24, 2.45) is 5.73 Å². The fourth-order valence-corrected chi connectivity index (χ4v) is 1.47. The molecule has 1 aromatic heterocycles. The van der Waals surface area contributed by atoms with Gasteiger partial charge in [-0.05, 0) is 12.1 Å². The predicted molar refractivity (Wildman–Crippen MR) is 62.4 cm³/mol. The number of benzene rings is 1. The Kier molecular flexibility index (Phi) is 2.44. The van der Waals surface area contributed by atoms with Crippen LogP contribution in [0.5, 0.6) is 0 Å². The summed E-state index contributed by atoms with van der Waals surface area (Å²) in [5.74, 6) is -0.0758. The van der Waals surface area contributed by atoms with E-state index in [0.29, 0.717) is 11.3 Å². The van der Waals surface area contributed by atoms with Gasteiger partial charge < -0.3 is 10.6 Å². The average molecular weight is 216 g/mol. The molecule has 0 aliphatic heterocycles. The fourth-order valence-electron chi connectivity index (χ4n) is 1.47. The zero-order chi connectivity index (χ0) is 11.7. The van der Waals surface area contributed by atoms with Gasteiger partial charge in [0.15, 0.2) is 11.5 Å². The number of amides is 1. The lowest BCUT2D eigenvalue weighted by molar-refractivity contribution is 0.0996. The highest BCUT2D eigenvalue weighted by Gasteiger charge is 2.14. The molecule has 0 unspecified atom stereocenters. The maximum absolute atomic E-state index is 11.3. The van der Waals surface area contributed by atoms with Crippen molar-refractivity contribution in [2.45, 2.75) is 0 Å². The lowest BCUT2D eigenvalue weighted by Gasteiger charge is -2.14. The molecule has 5 nitrogen and oxygen atoms in total. The number of primary amides is 1. The molecule has 1 heterocycles. The Morgan fingerprint density at radius 3 is 2.25 bits per heavy atom. The molecule has 0 saturated heterocycles. The van der Waals surface area contributed by atoms with Crippen molar-refractivity contribution in [1.82, 2.24) is 9.97 Å². The maximum atomic E-state index is 11.3. The molecule has 0 aliphatic rings. The molecule has 16 heavy (non-hydrogen) atoms. The van der Waals surface area contributed by atoms with E-state index in [0.717, 1.165) is 5.52 Å². The molecule has 0 atom stereocenters. The first-order chi connectivity index (χ1) is 7.59. The number of hydrogen-bond acceptors (Lipinski definition) is 4. The van der Waals surface area contributed by atoms with Crippen LogP contribution in [0, 0.1) is 0 Å². The fraction of sp³-hybridized carbons (Fsp3) is 0.182. The van der Waals surface area contributed by atoms with E-state index >= 15 is 0 Å². The molecular formula is C11H12N4O. The Morgan fingerprint density at radius 1 is 1.19 bits per heavy atom. The molecule has 2 N–H and O–H groups in total. The van der Waals surface area contributed by atoms with Crippen molar-refractivity contribution in [3.63, 3.8) is 0 Å². The SMILES string of the molecule is CN(C)c1nc2ccccc2nc1C(N)=O. The van der Waals surface area contributed by atoms with Crippen LogP contribution in [0.4, 0.5) is 5.82 Å². The number of rotatable bonds is 2. The highest BCUT2D eigenvalue weighted by atomic mass is 16.1. The number of carbonyl (C=O) groups is 1. The molecule has 0 aliphatic carbocycles. The highest BCUT2D eigenvalue weighted by Crippen LogP contribution is 2.18. The molecule has 0 fully saturated rings. The minimum atomic E-state index is -0.568. The Bertz CT molecular complexity index is 551. The van der Waals surface area contributed by atoms with Crippen LogP contribution in [0.25, 0.3) is 11.0 Å².